The third-order valence-corrected chi connectivity index (χ3v) is 12.6. The van der Waals surface area contributed by atoms with Gasteiger partial charge in [-0.3, -0.25) is 0 Å². The van der Waals surface area contributed by atoms with Crippen LogP contribution in [0.3, 0.4) is 0 Å². The lowest BCUT2D eigenvalue weighted by atomic mass is 9.99. The van der Waals surface area contributed by atoms with Crippen LogP contribution >= 0.6 is 11.3 Å². The molecule has 56 heavy (non-hydrogen) atoms. The van der Waals surface area contributed by atoms with Crippen molar-refractivity contribution in [2.45, 2.75) is 0 Å². The molecule has 262 valence electrons. The average molecular weight is 733 g/mol. The second-order valence-corrected chi connectivity index (χ2v) is 15.6. The zero-order valence-electron chi connectivity index (χ0n) is 30.2. The van der Waals surface area contributed by atoms with Crippen LogP contribution in [0.1, 0.15) is 0 Å². The van der Waals surface area contributed by atoms with Crippen molar-refractivity contribution in [2.24, 2.45) is 0 Å². The van der Waals surface area contributed by atoms with Gasteiger partial charge >= 0.3 is 0 Å². The lowest BCUT2D eigenvalue weighted by Crippen LogP contribution is -2.10. The molecule has 0 bridgehead atoms. The second kappa shape index (κ2) is 12.2. The van der Waals surface area contributed by atoms with Crippen LogP contribution in [0.25, 0.3) is 91.5 Å². The van der Waals surface area contributed by atoms with Crippen molar-refractivity contribution >= 4 is 103 Å². The molecule has 0 aliphatic heterocycles. The quantitative estimate of drug-likeness (QED) is 0.176. The summed E-state index contributed by atoms with van der Waals surface area (Å²) in [6.45, 7) is 0. The molecule has 0 aliphatic rings. The molecular weight excluding hydrogens is 701 g/mol. The molecule has 0 fully saturated rings. The molecule has 12 aromatic rings. The first kappa shape index (κ1) is 31.2. The number of benzene rings is 9. The van der Waals surface area contributed by atoms with Crippen LogP contribution in [0.5, 0.6) is 0 Å². The Balaban J connectivity index is 1.03. The molecule has 0 unspecified atom stereocenters. The van der Waals surface area contributed by atoms with Gasteiger partial charge < -0.3 is 13.9 Å². The molecule has 3 heterocycles. The first-order valence-corrected chi connectivity index (χ1v) is 19.8. The fourth-order valence-corrected chi connectivity index (χ4v) is 9.99. The molecule has 0 atom stereocenters. The van der Waals surface area contributed by atoms with Crippen LogP contribution in [-0.4, -0.2) is 4.57 Å². The number of hydrogen-bond donors (Lipinski definition) is 0. The van der Waals surface area contributed by atoms with Gasteiger partial charge in [-0.2, -0.15) is 0 Å². The molecule has 0 saturated heterocycles. The van der Waals surface area contributed by atoms with E-state index in [0.717, 1.165) is 44.7 Å². The van der Waals surface area contributed by atoms with E-state index in [0.29, 0.717) is 0 Å². The van der Waals surface area contributed by atoms with Crippen molar-refractivity contribution in [3.63, 3.8) is 0 Å². The highest BCUT2D eigenvalue weighted by molar-refractivity contribution is 7.26. The highest BCUT2D eigenvalue weighted by Crippen LogP contribution is 2.48. The first-order chi connectivity index (χ1) is 27.8. The molecule has 0 amide bonds. The number of nitrogens with zero attached hydrogens (tertiary/aromatic N) is 2. The number of rotatable bonds is 5. The van der Waals surface area contributed by atoms with Gasteiger partial charge in [0, 0.05) is 48.4 Å². The summed E-state index contributed by atoms with van der Waals surface area (Å²) in [6, 6.07) is 70.2. The van der Waals surface area contributed by atoms with Gasteiger partial charge in [0.05, 0.1) is 27.1 Å². The van der Waals surface area contributed by atoms with E-state index in [1.54, 1.807) is 0 Å². The summed E-state index contributed by atoms with van der Waals surface area (Å²) < 4.78 is 11.6. The molecule has 0 N–H and O–H groups in total. The molecule has 3 aromatic heterocycles. The largest absolute Gasteiger partial charge is 0.454 e. The Hall–Kier alpha value is -7.14. The predicted octanol–water partition coefficient (Wildman–Crippen LogP) is 15.3. The maximum atomic E-state index is 6.68. The minimum atomic E-state index is 0.880. The fourth-order valence-electron chi connectivity index (χ4n) is 8.78. The van der Waals surface area contributed by atoms with Crippen LogP contribution in [0.4, 0.5) is 17.1 Å². The normalized spacial score (nSPS) is 11.9. The van der Waals surface area contributed by atoms with E-state index in [4.69, 9.17) is 4.42 Å². The number of thiophene rings is 1. The molecule has 9 aromatic carbocycles. The van der Waals surface area contributed by atoms with Crippen molar-refractivity contribution < 1.29 is 4.42 Å². The summed E-state index contributed by atoms with van der Waals surface area (Å²) in [5, 5.41) is 9.67. The third-order valence-electron chi connectivity index (χ3n) is 11.4. The van der Waals surface area contributed by atoms with Crippen LogP contribution in [0, 0.1) is 0 Å². The maximum absolute atomic E-state index is 6.68. The van der Waals surface area contributed by atoms with Crippen molar-refractivity contribution in [1.82, 2.24) is 4.57 Å². The van der Waals surface area contributed by atoms with E-state index in [1.807, 2.05) is 17.4 Å². The highest BCUT2D eigenvalue weighted by atomic mass is 32.1. The molecular formula is C52H32N2OS. The third kappa shape index (κ3) is 4.70. The van der Waals surface area contributed by atoms with E-state index in [2.05, 4.69) is 198 Å². The summed E-state index contributed by atoms with van der Waals surface area (Å²) in [6.07, 6.45) is 0. The lowest BCUT2D eigenvalue weighted by Gasteiger charge is -2.26. The van der Waals surface area contributed by atoms with Gasteiger partial charge in [0.2, 0.25) is 0 Å². The molecule has 0 aliphatic carbocycles. The highest BCUT2D eigenvalue weighted by Gasteiger charge is 2.23. The topological polar surface area (TPSA) is 21.3 Å². The van der Waals surface area contributed by atoms with Crippen molar-refractivity contribution in [3.8, 4) is 16.8 Å². The van der Waals surface area contributed by atoms with E-state index in [-0.39, 0.29) is 0 Å². The smallest absolute Gasteiger partial charge is 0.159 e. The number of anilines is 3. The standard InChI is InChI=1S/C52H32N2OS/c1-2-12-37(13-3-1)53-45-19-7-4-14-39(45)40-29-27-36(32-48(40)53)33-24-25-35-31-38(28-26-34(35)30-33)54(46-20-10-17-43-41-15-5-8-22-49(41)55-51(43)46)47-21-11-18-44-42-16-6-9-23-50(42)56-52(44)47/h1-32H. The van der Waals surface area contributed by atoms with Crippen LogP contribution < -0.4 is 4.90 Å². The molecule has 4 heteroatoms. The van der Waals surface area contributed by atoms with Crippen molar-refractivity contribution in [2.75, 3.05) is 4.90 Å². The molecule has 12 rings (SSSR count). The van der Waals surface area contributed by atoms with E-state index in [9.17, 15) is 0 Å². The Kier molecular flexibility index (Phi) is 6.80. The number of aromatic nitrogens is 1. The summed E-state index contributed by atoms with van der Waals surface area (Å²) in [7, 11) is 0. The Bertz CT molecular complexity index is 3380. The predicted molar refractivity (Wildman–Crippen MR) is 239 cm³/mol. The number of hydrogen-bond acceptors (Lipinski definition) is 3. The van der Waals surface area contributed by atoms with Gasteiger partial charge in [0.25, 0.3) is 0 Å². The zero-order valence-corrected chi connectivity index (χ0v) is 31.0. The Morgan fingerprint density at radius 1 is 0.429 bits per heavy atom. The summed E-state index contributed by atoms with van der Waals surface area (Å²) in [4.78, 5) is 2.39. The Labute approximate surface area is 326 Å². The Morgan fingerprint density at radius 2 is 1.09 bits per heavy atom. The summed E-state index contributed by atoms with van der Waals surface area (Å²) in [5.41, 5.74) is 11.0. The van der Waals surface area contributed by atoms with Gasteiger partial charge in [0.1, 0.15) is 5.58 Å². The maximum Gasteiger partial charge on any atom is 0.159 e. The van der Waals surface area contributed by atoms with Gasteiger partial charge in [0.15, 0.2) is 5.58 Å². The average Bonchev–Trinajstić information content (AvgIpc) is 3.94. The number of para-hydroxylation sites is 4. The molecule has 3 nitrogen and oxygen atoms in total. The van der Waals surface area contributed by atoms with Gasteiger partial charge in [-0.15, -0.1) is 11.3 Å². The monoisotopic (exact) mass is 732 g/mol. The molecule has 0 radical (unpaired) electrons. The van der Waals surface area contributed by atoms with E-state index < -0.39 is 0 Å². The zero-order chi connectivity index (χ0) is 36.7. The second-order valence-electron chi connectivity index (χ2n) is 14.5. The van der Waals surface area contributed by atoms with Gasteiger partial charge in [-0.25, -0.2) is 0 Å². The lowest BCUT2D eigenvalue weighted by molar-refractivity contribution is 0.669. The van der Waals surface area contributed by atoms with Crippen molar-refractivity contribution in [1.29, 1.82) is 0 Å². The van der Waals surface area contributed by atoms with Crippen LogP contribution in [-0.2, 0) is 0 Å². The molecule has 0 saturated carbocycles. The number of fused-ring (bicyclic) bond motifs is 10. The van der Waals surface area contributed by atoms with Gasteiger partial charge in [-0.1, -0.05) is 127 Å². The minimum Gasteiger partial charge on any atom is -0.454 e. The first-order valence-electron chi connectivity index (χ1n) is 19.0. The van der Waals surface area contributed by atoms with Gasteiger partial charge in [-0.05, 0) is 88.6 Å². The fraction of sp³-hybridized carbons (Fsp3) is 0. The summed E-state index contributed by atoms with van der Waals surface area (Å²) >= 11 is 1.85. The van der Waals surface area contributed by atoms with E-state index in [1.165, 1.54) is 63.9 Å². The summed E-state index contributed by atoms with van der Waals surface area (Å²) in [5.74, 6) is 0. The number of furan rings is 1. The van der Waals surface area contributed by atoms with Crippen molar-refractivity contribution in [3.05, 3.63) is 194 Å². The molecule has 0 spiro atoms. The van der Waals surface area contributed by atoms with Crippen LogP contribution in [0.15, 0.2) is 199 Å². The van der Waals surface area contributed by atoms with E-state index >= 15 is 0 Å². The SMILES string of the molecule is c1ccc(-n2c3ccccc3c3ccc(-c4ccc5cc(N(c6cccc7c6oc6ccccc67)c6cccc7c6sc6ccccc67)ccc5c4)cc32)cc1. The Morgan fingerprint density at radius 3 is 2.00 bits per heavy atom. The minimum absolute atomic E-state index is 0.880. The van der Waals surface area contributed by atoms with Crippen LogP contribution in [0.2, 0.25) is 0 Å².